The number of carbonyl (C=O) groups excluding carboxylic acids is 3. The Morgan fingerprint density at radius 2 is 1.78 bits per heavy atom. The smallest absolute Gasteiger partial charge is 0.326 e. The second kappa shape index (κ2) is 10.2. The molecule has 27 heavy (non-hydrogen) atoms. The van der Waals surface area contributed by atoms with Crippen molar-refractivity contribution in [1.82, 2.24) is 15.5 Å². The number of carboxylic acid groups (broad SMARTS) is 1. The quantitative estimate of drug-likeness (QED) is 0.203. The van der Waals surface area contributed by atoms with Crippen molar-refractivity contribution in [2.45, 2.75) is 50.0 Å². The molecule has 0 aliphatic carbocycles. The molecule has 0 aromatic heterocycles. The molecule has 12 heteroatoms. The second-order valence-electron chi connectivity index (χ2n) is 6.29. The number of hydrogen-bond donors (Lipinski definition) is 7. The predicted molar refractivity (Wildman–Crippen MR) is 90.1 cm³/mol. The van der Waals surface area contributed by atoms with Crippen LogP contribution >= 0.6 is 0 Å². The van der Waals surface area contributed by atoms with E-state index in [0.29, 0.717) is 6.42 Å². The molecular formula is C15H26N4O8. The van der Waals surface area contributed by atoms with Crippen molar-refractivity contribution in [2.24, 2.45) is 5.73 Å². The fraction of sp³-hybridized carbons (Fsp3) is 0.733. The highest BCUT2D eigenvalue weighted by Crippen LogP contribution is 2.19. The van der Waals surface area contributed by atoms with Crippen LogP contribution in [0.15, 0.2) is 0 Å². The Labute approximate surface area is 155 Å². The van der Waals surface area contributed by atoms with Gasteiger partial charge in [0.2, 0.25) is 17.7 Å². The van der Waals surface area contributed by atoms with Crippen LogP contribution in [0.2, 0.25) is 0 Å². The second-order valence-corrected chi connectivity index (χ2v) is 6.29. The number of hydrogen-bond acceptors (Lipinski definition) is 8. The third kappa shape index (κ3) is 5.85. The van der Waals surface area contributed by atoms with Crippen LogP contribution in [0.1, 0.15) is 19.8 Å². The molecule has 154 valence electrons. The molecule has 0 aromatic rings. The molecule has 1 saturated heterocycles. The molecular weight excluding hydrogens is 364 g/mol. The van der Waals surface area contributed by atoms with E-state index in [2.05, 4.69) is 10.6 Å². The van der Waals surface area contributed by atoms with Crippen LogP contribution in [0.3, 0.4) is 0 Å². The van der Waals surface area contributed by atoms with E-state index < -0.39 is 67.2 Å². The van der Waals surface area contributed by atoms with Gasteiger partial charge < -0.3 is 41.7 Å². The zero-order chi connectivity index (χ0) is 20.7. The minimum Gasteiger partial charge on any atom is -0.480 e. The molecule has 5 unspecified atom stereocenters. The lowest BCUT2D eigenvalue weighted by atomic mass is 10.1. The van der Waals surface area contributed by atoms with Gasteiger partial charge in [0.15, 0.2) is 0 Å². The third-order valence-electron chi connectivity index (χ3n) is 4.22. The van der Waals surface area contributed by atoms with E-state index in [-0.39, 0.29) is 13.0 Å². The molecule has 1 rings (SSSR count). The van der Waals surface area contributed by atoms with Crippen molar-refractivity contribution in [1.29, 1.82) is 0 Å². The first-order valence-corrected chi connectivity index (χ1v) is 8.43. The molecule has 1 heterocycles. The summed E-state index contributed by atoms with van der Waals surface area (Å²) in [4.78, 5) is 48.9. The maximum Gasteiger partial charge on any atom is 0.326 e. The van der Waals surface area contributed by atoms with E-state index in [1.54, 1.807) is 0 Å². The van der Waals surface area contributed by atoms with Crippen molar-refractivity contribution >= 4 is 23.7 Å². The Morgan fingerprint density at radius 3 is 2.26 bits per heavy atom. The number of likely N-dealkylation sites (tertiary alicyclic amines) is 1. The van der Waals surface area contributed by atoms with Gasteiger partial charge in [0.25, 0.3) is 0 Å². The maximum absolute atomic E-state index is 12.6. The van der Waals surface area contributed by atoms with Gasteiger partial charge in [-0.1, -0.05) is 0 Å². The number of carbonyl (C=O) groups is 4. The maximum atomic E-state index is 12.6. The molecule has 1 aliphatic rings. The van der Waals surface area contributed by atoms with Crippen molar-refractivity contribution in [3.05, 3.63) is 0 Å². The number of aliphatic hydroxyl groups is 3. The summed E-state index contributed by atoms with van der Waals surface area (Å²) in [5.74, 6) is -3.83. The summed E-state index contributed by atoms with van der Waals surface area (Å²) >= 11 is 0. The highest BCUT2D eigenvalue weighted by molar-refractivity contribution is 5.94. The summed E-state index contributed by atoms with van der Waals surface area (Å²) in [6, 6.07) is -5.29. The first kappa shape index (κ1) is 22.8. The van der Waals surface area contributed by atoms with Crippen molar-refractivity contribution in [2.75, 3.05) is 19.8 Å². The van der Waals surface area contributed by atoms with Crippen LogP contribution in [-0.4, -0.2) is 99.0 Å². The van der Waals surface area contributed by atoms with E-state index >= 15 is 0 Å². The molecule has 0 spiro atoms. The Balaban J connectivity index is 2.85. The Morgan fingerprint density at radius 1 is 1.15 bits per heavy atom. The first-order chi connectivity index (χ1) is 12.6. The summed E-state index contributed by atoms with van der Waals surface area (Å²) in [5, 5.41) is 41.5. The molecule has 12 nitrogen and oxygen atoms in total. The van der Waals surface area contributed by atoms with Gasteiger partial charge in [-0.3, -0.25) is 14.4 Å². The Hall–Kier alpha value is -2.28. The zero-order valence-electron chi connectivity index (χ0n) is 14.9. The van der Waals surface area contributed by atoms with Crippen molar-refractivity contribution in [3.8, 4) is 0 Å². The highest BCUT2D eigenvalue weighted by Gasteiger charge is 2.39. The Kier molecular flexibility index (Phi) is 8.56. The van der Waals surface area contributed by atoms with Gasteiger partial charge >= 0.3 is 5.97 Å². The van der Waals surface area contributed by atoms with Crippen molar-refractivity contribution in [3.63, 3.8) is 0 Å². The number of aliphatic carboxylic acids is 1. The third-order valence-corrected chi connectivity index (χ3v) is 4.22. The lowest BCUT2D eigenvalue weighted by molar-refractivity contribution is -0.150. The zero-order valence-corrected chi connectivity index (χ0v) is 14.9. The van der Waals surface area contributed by atoms with Crippen LogP contribution in [-0.2, 0) is 19.2 Å². The van der Waals surface area contributed by atoms with Gasteiger partial charge in [-0.2, -0.15) is 0 Å². The van der Waals surface area contributed by atoms with Gasteiger partial charge in [-0.15, -0.1) is 0 Å². The van der Waals surface area contributed by atoms with Crippen molar-refractivity contribution < 1.29 is 39.6 Å². The monoisotopic (exact) mass is 390 g/mol. The average Bonchev–Trinajstić information content (AvgIpc) is 3.12. The molecule has 0 bridgehead atoms. The average molecular weight is 390 g/mol. The van der Waals surface area contributed by atoms with E-state index in [9.17, 15) is 34.5 Å². The standard InChI is InChI=1S/C15H26N4O8/c1-7(22)11(14(25)19-4-2-3-10(19)15(26)27)18-13(24)9(6-21)17-12(23)8(16)5-20/h7-11,20-22H,2-6,16H2,1H3,(H,17,23)(H,18,24)(H,26,27). The lowest BCUT2D eigenvalue weighted by Crippen LogP contribution is -2.60. The number of carboxylic acids is 1. The van der Waals surface area contributed by atoms with Gasteiger partial charge in [0.1, 0.15) is 24.2 Å². The summed E-state index contributed by atoms with van der Waals surface area (Å²) < 4.78 is 0. The minimum absolute atomic E-state index is 0.167. The molecule has 0 radical (unpaired) electrons. The van der Waals surface area contributed by atoms with Gasteiger partial charge in [-0.05, 0) is 19.8 Å². The molecule has 5 atom stereocenters. The molecule has 0 saturated carbocycles. The SMILES string of the molecule is CC(O)C(NC(=O)C(CO)NC(=O)C(N)CO)C(=O)N1CCCC1C(=O)O. The van der Waals surface area contributed by atoms with Crippen LogP contribution in [0.25, 0.3) is 0 Å². The van der Waals surface area contributed by atoms with E-state index in [0.717, 1.165) is 4.90 Å². The fourth-order valence-electron chi connectivity index (χ4n) is 2.66. The number of nitrogens with zero attached hydrogens (tertiary/aromatic N) is 1. The fourth-order valence-corrected chi connectivity index (χ4v) is 2.66. The lowest BCUT2D eigenvalue weighted by Gasteiger charge is -2.29. The van der Waals surface area contributed by atoms with Gasteiger partial charge in [0, 0.05) is 6.54 Å². The molecule has 3 amide bonds. The minimum atomic E-state index is -1.47. The number of amides is 3. The topological polar surface area (TPSA) is 203 Å². The van der Waals surface area contributed by atoms with Gasteiger partial charge in [0.05, 0.1) is 19.3 Å². The largest absolute Gasteiger partial charge is 0.480 e. The summed E-state index contributed by atoms with van der Waals surface area (Å²) in [5.41, 5.74) is 5.31. The summed E-state index contributed by atoms with van der Waals surface area (Å²) in [7, 11) is 0. The molecule has 0 aromatic carbocycles. The highest BCUT2D eigenvalue weighted by atomic mass is 16.4. The predicted octanol–water partition coefficient (Wildman–Crippen LogP) is -4.28. The number of aliphatic hydroxyl groups excluding tert-OH is 3. The van der Waals surface area contributed by atoms with Crippen LogP contribution < -0.4 is 16.4 Å². The molecule has 1 fully saturated rings. The first-order valence-electron chi connectivity index (χ1n) is 8.43. The number of nitrogens with two attached hydrogens (primary N) is 1. The summed E-state index contributed by atoms with van der Waals surface area (Å²) in [6.07, 6.45) is -0.626. The van der Waals surface area contributed by atoms with E-state index in [1.165, 1.54) is 6.92 Å². The number of rotatable bonds is 9. The van der Waals surface area contributed by atoms with Crippen LogP contribution in [0.5, 0.6) is 0 Å². The van der Waals surface area contributed by atoms with E-state index in [4.69, 9.17) is 10.8 Å². The number of nitrogens with one attached hydrogen (secondary N) is 2. The Bertz CT molecular complexity index is 570. The van der Waals surface area contributed by atoms with Gasteiger partial charge in [-0.25, -0.2) is 4.79 Å². The van der Waals surface area contributed by atoms with E-state index in [1.807, 2.05) is 0 Å². The molecule has 8 N–H and O–H groups in total. The van der Waals surface area contributed by atoms with Crippen LogP contribution in [0.4, 0.5) is 0 Å². The normalized spacial score (nSPS) is 21.1. The summed E-state index contributed by atoms with van der Waals surface area (Å²) in [6.45, 7) is -0.0901. The van der Waals surface area contributed by atoms with Crippen LogP contribution in [0, 0.1) is 0 Å². The molecule has 1 aliphatic heterocycles.